The molecule has 0 fully saturated rings. The van der Waals surface area contributed by atoms with Crippen molar-refractivity contribution >= 4 is 5.97 Å². The number of carbonyl (C=O) groups excluding carboxylic acids is 1. The van der Waals surface area contributed by atoms with Crippen LogP contribution >= 0.6 is 0 Å². The van der Waals surface area contributed by atoms with Crippen molar-refractivity contribution < 1.29 is 19.4 Å². The SMILES string of the molecule is CCOC(=O)/C=C/CC[C@@H](O)C[C@@H](CC(C)C)OCc1ccccc1. The van der Waals surface area contributed by atoms with E-state index in [1.54, 1.807) is 13.0 Å². The van der Waals surface area contributed by atoms with Gasteiger partial charge in [-0.05, 0) is 44.1 Å². The molecule has 2 atom stereocenters. The average molecular weight is 348 g/mol. The van der Waals surface area contributed by atoms with Crippen LogP contribution in [0.2, 0.25) is 0 Å². The maximum atomic E-state index is 11.2. The molecule has 0 amide bonds. The minimum Gasteiger partial charge on any atom is -0.463 e. The summed E-state index contributed by atoms with van der Waals surface area (Å²) in [5, 5.41) is 10.3. The van der Waals surface area contributed by atoms with Crippen molar-refractivity contribution in [3.63, 3.8) is 0 Å². The highest BCUT2D eigenvalue weighted by atomic mass is 16.5. The lowest BCUT2D eigenvalue weighted by atomic mass is 9.99. The number of hydrogen-bond donors (Lipinski definition) is 1. The fourth-order valence-electron chi connectivity index (χ4n) is 2.63. The molecule has 0 radical (unpaired) electrons. The Morgan fingerprint density at radius 3 is 2.56 bits per heavy atom. The summed E-state index contributed by atoms with van der Waals surface area (Å²) in [5.74, 6) is 0.178. The highest BCUT2D eigenvalue weighted by Gasteiger charge is 2.16. The summed E-state index contributed by atoms with van der Waals surface area (Å²) in [6, 6.07) is 10.1. The molecule has 140 valence electrons. The Balaban J connectivity index is 2.38. The molecular weight excluding hydrogens is 316 g/mol. The second-order valence-corrected chi connectivity index (χ2v) is 6.67. The van der Waals surface area contributed by atoms with Crippen LogP contribution in [0.25, 0.3) is 0 Å². The van der Waals surface area contributed by atoms with Crippen LogP contribution in [0.1, 0.15) is 52.0 Å². The van der Waals surface area contributed by atoms with Crippen LogP contribution in [0.3, 0.4) is 0 Å². The first-order chi connectivity index (χ1) is 12.0. The van der Waals surface area contributed by atoms with Gasteiger partial charge in [-0.25, -0.2) is 4.79 Å². The van der Waals surface area contributed by atoms with Crippen LogP contribution in [0, 0.1) is 5.92 Å². The predicted molar refractivity (Wildman–Crippen MR) is 100 cm³/mol. The smallest absolute Gasteiger partial charge is 0.330 e. The third-order valence-corrected chi connectivity index (χ3v) is 3.80. The summed E-state index contributed by atoms with van der Waals surface area (Å²) in [6.07, 6.45) is 5.56. The molecule has 1 N–H and O–H groups in total. The summed E-state index contributed by atoms with van der Waals surface area (Å²) in [4.78, 5) is 11.2. The van der Waals surface area contributed by atoms with E-state index < -0.39 is 6.10 Å². The van der Waals surface area contributed by atoms with Crippen molar-refractivity contribution in [2.24, 2.45) is 5.92 Å². The average Bonchev–Trinajstić information content (AvgIpc) is 2.57. The Hall–Kier alpha value is -1.65. The van der Waals surface area contributed by atoms with Gasteiger partial charge in [-0.3, -0.25) is 0 Å². The quantitative estimate of drug-likeness (QED) is 0.453. The predicted octanol–water partition coefficient (Wildman–Crippen LogP) is 4.27. The number of benzene rings is 1. The lowest BCUT2D eigenvalue weighted by Gasteiger charge is -2.22. The summed E-state index contributed by atoms with van der Waals surface area (Å²) in [7, 11) is 0. The molecule has 25 heavy (non-hydrogen) atoms. The molecular formula is C21H32O4. The standard InChI is InChI=1S/C21H32O4/c1-4-24-21(23)13-9-8-12-19(22)15-20(14-17(2)3)25-16-18-10-6-5-7-11-18/h5-7,9-11,13,17,19-20,22H,4,8,12,14-16H2,1-3H3/b13-9+/t19-,20-/m1/s1. The Morgan fingerprint density at radius 1 is 1.20 bits per heavy atom. The van der Waals surface area contributed by atoms with Crippen molar-refractivity contribution in [2.75, 3.05) is 6.61 Å². The van der Waals surface area contributed by atoms with Gasteiger partial charge in [0.25, 0.3) is 0 Å². The molecule has 1 rings (SSSR count). The zero-order chi connectivity index (χ0) is 18.5. The first kappa shape index (κ1) is 21.4. The molecule has 0 aliphatic rings. The van der Waals surface area contributed by atoms with Gasteiger partial charge in [0.05, 0.1) is 25.4 Å². The van der Waals surface area contributed by atoms with Gasteiger partial charge in [0, 0.05) is 6.08 Å². The number of aliphatic hydroxyl groups is 1. The molecule has 0 aliphatic carbocycles. The van der Waals surface area contributed by atoms with Crippen LogP contribution in [0.5, 0.6) is 0 Å². The number of rotatable bonds is 12. The van der Waals surface area contributed by atoms with E-state index in [4.69, 9.17) is 9.47 Å². The van der Waals surface area contributed by atoms with Crippen molar-refractivity contribution in [1.82, 2.24) is 0 Å². The summed E-state index contributed by atoms with van der Waals surface area (Å²) < 4.78 is 10.9. The van der Waals surface area contributed by atoms with Crippen molar-refractivity contribution in [2.45, 2.75) is 65.3 Å². The third kappa shape index (κ3) is 10.7. The van der Waals surface area contributed by atoms with E-state index in [0.717, 1.165) is 12.0 Å². The van der Waals surface area contributed by atoms with Gasteiger partial charge in [0.15, 0.2) is 0 Å². The van der Waals surface area contributed by atoms with Gasteiger partial charge in [-0.15, -0.1) is 0 Å². The monoisotopic (exact) mass is 348 g/mol. The molecule has 0 spiro atoms. The first-order valence-corrected chi connectivity index (χ1v) is 9.18. The van der Waals surface area contributed by atoms with E-state index in [2.05, 4.69) is 13.8 Å². The minimum absolute atomic E-state index is 0.0317. The zero-order valence-electron chi connectivity index (χ0n) is 15.7. The zero-order valence-corrected chi connectivity index (χ0v) is 15.7. The fourth-order valence-corrected chi connectivity index (χ4v) is 2.63. The van der Waals surface area contributed by atoms with E-state index in [1.165, 1.54) is 6.08 Å². The minimum atomic E-state index is -0.439. The normalized spacial score (nSPS) is 14.0. The number of hydrogen-bond acceptors (Lipinski definition) is 4. The third-order valence-electron chi connectivity index (χ3n) is 3.80. The van der Waals surface area contributed by atoms with Gasteiger partial charge < -0.3 is 14.6 Å². The van der Waals surface area contributed by atoms with Crippen molar-refractivity contribution in [3.05, 3.63) is 48.0 Å². The molecule has 4 heteroatoms. The second-order valence-electron chi connectivity index (χ2n) is 6.67. The number of aliphatic hydroxyl groups excluding tert-OH is 1. The van der Waals surface area contributed by atoms with Gasteiger partial charge >= 0.3 is 5.97 Å². The molecule has 0 bridgehead atoms. The van der Waals surface area contributed by atoms with Crippen molar-refractivity contribution in [3.8, 4) is 0 Å². The lowest BCUT2D eigenvalue weighted by Crippen LogP contribution is -2.22. The number of esters is 1. The van der Waals surface area contributed by atoms with Gasteiger partial charge in [-0.1, -0.05) is 50.3 Å². The van der Waals surface area contributed by atoms with Gasteiger partial charge in [0.2, 0.25) is 0 Å². The van der Waals surface area contributed by atoms with Crippen LogP contribution < -0.4 is 0 Å². The van der Waals surface area contributed by atoms with E-state index >= 15 is 0 Å². The molecule has 1 aromatic carbocycles. The lowest BCUT2D eigenvalue weighted by molar-refractivity contribution is -0.137. The van der Waals surface area contributed by atoms with E-state index in [9.17, 15) is 9.90 Å². The van der Waals surface area contributed by atoms with Crippen LogP contribution in [-0.4, -0.2) is 29.9 Å². The van der Waals surface area contributed by atoms with E-state index in [0.29, 0.717) is 38.4 Å². The molecule has 0 heterocycles. The highest BCUT2D eigenvalue weighted by Crippen LogP contribution is 2.18. The Morgan fingerprint density at radius 2 is 1.92 bits per heavy atom. The second kappa shape index (κ2) is 12.7. The number of carbonyl (C=O) groups is 1. The largest absolute Gasteiger partial charge is 0.463 e. The first-order valence-electron chi connectivity index (χ1n) is 9.18. The molecule has 0 aromatic heterocycles. The molecule has 0 aliphatic heterocycles. The molecule has 1 aromatic rings. The van der Waals surface area contributed by atoms with E-state index in [1.807, 2.05) is 30.3 Å². The summed E-state index contributed by atoms with van der Waals surface area (Å²) in [5.41, 5.74) is 1.14. The molecule has 0 unspecified atom stereocenters. The Labute approximate surface area is 151 Å². The summed E-state index contributed by atoms with van der Waals surface area (Å²) >= 11 is 0. The number of allylic oxidation sites excluding steroid dienone is 1. The maximum Gasteiger partial charge on any atom is 0.330 e. The van der Waals surface area contributed by atoms with Gasteiger partial charge in [0.1, 0.15) is 0 Å². The van der Waals surface area contributed by atoms with Crippen LogP contribution in [0.15, 0.2) is 42.5 Å². The fraction of sp³-hybridized carbons (Fsp3) is 0.571. The van der Waals surface area contributed by atoms with Gasteiger partial charge in [-0.2, -0.15) is 0 Å². The van der Waals surface area contributed by atoms with Crippen LogP contribution in [-0.2, 0) is 20.9 Å². The topological polar surface area (TPSA) is 55.8 Å². The number of ether oxygens (including phenoxy) is 2. The van der Waals surface area contributed by atoms with Crippen molar-refractivity contribution in [1.29, 1.82) is 0 Å². The van der Waals surface area contributed by atoms with Crippen LogP contribution in [0.4, 0.5) is 0 Å². The molecule has 4 nitrogen and oxygen atoms in total. The maximum absolute atomic E-state index is 11.2. The Kier molecular flexibility index (Phi) is 10.8. The highest BCUT2D eigenvalue weighted by molar-refractivity contribution is 5.81. The molecule has 0 saturated carbocycles. The molecule has 0 saturated heterocycles. The van der Waals surface area contributed by atoms with E-state index in [-0.39, 0.29) is 12.1 Å². The Bertz CT molecular complexity index is 496. The summed E-state index contributed by atoms with van der Waals surface area (Å²) in [6.45, 7) is 7.04.